The molecule has 1 unspecified atom stereocenters. The van der Waals surface area contributed by atoms with Gasteiger partial charge in [0, 0.05) is 70.7 Å². The summed E-state index contributed by atoms with van der Waals surface area (Å²) in [4.78, 5) is 17.0. The van der Waals surface area contributed by atoms with Crippen molar-refractivity contribution in [3.8, 4) is 0 Å². The van der Waals surface area contributed by atoms with Gasteiger partial charge in [-0.25, -0.2) is 4.98 Å². The fourth-order valence-electron chi connectivity index (χ4n) is 4.10. The van der Waals surface area contributed by atoms with Gasteiger partial charge in [-0.15, -0.1) is 0 Å². The molecule has 0 aliphatic carbocycles. The molecule has 4 rings (SSSR count). The van der Waals surface area contributed by atoms with Crippen molar-refractivity contribution in [3.63, 3.8) is 0 Å². The van der Waals surface area contributed by atoms with Gasteiger partial charge in [0.05, 0.1) is 6.61 Å². The Balaban J connectivity index is 1.23. The summed E-state index contributed by atoms with van der Waals surface area (Å²) in [6, 6.07) is 4.11. The molecule has 0 spiro atoms. The van der Waals surface area contributed by atoms with Crippen molar-refractivity contribution in [2.45, 2.75) is 12.8 Å². The Morgan fingerprint density at radius 1 is 1.37 bits per heavy atom. The highest BCUT2D eigenvalue weighted by Crippen LogP contribution is 2.16. The zero-order chi connectivity index (χ0) is 18.5. The first-order chi connectivity index (χ1) is 13.3. The van der Waals surface area contributed by atoms with Crippen LogP contribution in [0.4, 0.5) is 0 Å². The van der Waals surface area contributed by atoms with E-state index in [0.29, 0.717) is 0 Å². The molecule has 0 saturated carbocycles. The zero-order valence-electron chi connectivity index (χ0n) is 16.2. The number of aliphatic imine (C=N–C) groups is 1. The largest absolute Gasteiger partial charge is 0.381 e. The summed E-state index contributed by atoms with van der Waals surface area (Å²) in [7, 11) is 1.88. The number of nitrogens with zero attached hydrogens (tertiary/aromatic N) is 4. The standard InChI is InChI=1S/C20H30N6O/c1-21-20(23-7-4-17-13-24-19-18(17)3-2-6-22-19)26-10-8-25(9-11-26)14-16-5-12-27-15-16/h2-3,6,13,16H,4-5,7-12,14-15H2,1H3,(H,21,23)(H,22,24). The van der Waals surface area contributed by atoms with Crippen LogP contribution in [0.5, 0.6) is 0 Å². The van der Waals surface area contributed by atoms with Gasteiger partial charge in [-0.2, -0.15) is 0 Å². The zero-order valence-corrected chi connectivity index (χ0v) is 16.2. The Labute approximate surface area is 160 Å². The minimum atomic E-state index is 0.722. The second-order valence-electron chi connectivity index (χ2n) is 7.45. The molecule has 0 radical (unpaired) electrons. The lowest BCUT2D eigenvalue weighted by atomic mass is 10.1. The van der Waals surface area contributed by atoms with Crippen molar-refractivity contribution < 1.29 is 4.74 Å². The lowest BCUT2D eigenvalue weighted by Crippen LogP contribution is -2.53. The normalized spacial score (nSPS) is 21.9. The number of aromatic amines is 1. The number of hydrogen-bond donors (Lipinski definition) is 2. The third-order valence-electron chi connectivity index (χ3n) is 5.64. The average Bonchev–Trinajstić information content (AvgIpc) is 3.36. The molecule has 0 amide bonds. The van der Waals surface area contributed by atoms with Crippen molar-refractivity contribution in [2.24, 2.45) is 10.9 Å². The predicted octanol–water partition coefficient (Wildman–Crippen LogP) is 1.33. The minimum absolute atomic E-state index is 0.722. The predicted molar refractivity (Wildman–Crippen MR) is 108 cm³/mol. The van der Waals surface area contributed by atoms with E-state index in [9.17, 15) is 0 Å². The molecule has 2 saturated heterocycles. The van der Waals surface area contributed by atoms with Crippen LogP contribution in [0.2, 0.25) is 0 Å². The molecule has 2 N–H and O–H groups in total. The number of H-pyrrole nitrogens is 1. The molecule has 146 valence electrons. The quantitative estimate of drug-likeness (QED) is 0.614. The summed E-state index contributed by atoms with van der Waals surface area (Å²) in [6.45, 7) is 8.19. The summed E-state index contributed by atoms with van der Waals surface area (Å²) in [5.74, 6) is 1.73. The molecule has 2 aliphatic rings. The number of hydrogen-bond acceptors (Lipinski definition) is 4. The first-order valence-electron chi connectivity index (χ1n) is 10.00. The smallest absolute Gasteiger partial charge is 0.193 e. The summed E-state index contributed by atoms with van der Waals surface area (Å²) in [6.07, 6.45) is 6.05. The number of guanidine groups is 1. The van der Waals surface area contributed by atoms with Gasteiger partial charge in [0.15, 0.2) is 5.96 Å². The molecule has 7 nitrogen and oxygen atoms in total. The lowest BCUT2D eigenvalue weighted by molar-refractivity contribution is 0.139. The van der Waals surface area contributed by atoms with E-state index in [4.69, 9.17) is 4.74 Å². The second kappa shape index (κ2) is 8.71. The highest BCUT2D eigenvalue weighted by molar-refractivity contribution is 5.81. The third-order valence-corrected chi connectivity index (χ3v) is 5.64. The van der Waals surface area contributed by atoms with Crippen molar-refractivity contribution in [2.75, 3.05) is 59.5 Å². The Bertz CT molecular complexity index is 759. The van der Waals surface area contributed by atoms with Crippen LogP contribution in [0.3, 0.4) is 0 Å². The van der Waals surface area contributed by atoms with Crippen LogP contribution >= 0.6 is 0 Å². The summed E-state index contributed by atoms with van der Waals surface area (Å²) >= 11 is 0. The van der Waals surface area contributed by atoms with Crippen molar-refractivity contribution in [3.05, 3.63) is 30.1 Å². The summed E-state index contributed by atoms with van der Waals surface area (Å²) in [5.41, 5.74) is 2.25. The van der Waals surface area contributed by atoms with Crippen LogP contribution in [0.25, 0.3) is 11.0 Å². The Morgan fingerprint density at radius 2 is 2.26 bits per heavy atom. The molecule has 0 aromatic carbocycles. The summed E-state index contributed by atoms with van der Waals surface area (Å²) in [5, 5.41) is 4.74. The fourth-order valence-corrected chi connectivity index (χ4v) is 4.10. The molecule has 2 aromatic rings. The van der Waals surface area contributed by atoms with E-state index in [2.05, 4.69) is 42.3 Å². The van der Waals surface area contributed by atoms with Crippen LogP contribution in [-0.4, -0.2) is 85.3 Å². The van der Waals surface area contributed by atoms with E-state index in [0.717, 1.165) is 69.9 Å². The van der Waals surface area contributed by atoms with E-state index in [1.54, 1.807) is 0 Å². The van der Waals surface area contributed by atoms with Crippen LogP contribution in [0.15, 0.2) is 29.5 Å². The Kier molecular flexibility index (Phi) is 5.89. The number of rotatable bonds is 5. The molecule has 1 atom stereocenters. The maximum absolute atomic E-state index is 5.50. The molecule has 2 fully saturated rings. The number of pyridine rings is 1. The van der Waals surface area contributed by atoms with Gasteiger partial charge in [-0.3, -0.25) is 9.89 Å². The molecule has 0 bridgehead atoms. The molecule has 27 heavy (non-hydrogen) atoms. The fraction of sp³-hybridized carbons (Fsp3) is 0.600. The van der Waals surface area contributed by atoms with Crippen LogP contribution in [-0.2, 0) is 11.2 Å². The van der Waals surface area contributed by atoms with E-state index in [1.807, 2.05) is 19.3 Å². The number of ether oxygens (including phenoxy) is 1. The van der Waals surface area contributed by atoms with Gasteiger partial charge >= 0.3 is 0 Å². The average molecular weight is 371 g/mol. The van der Waals surface area contributed by atoms with Gasteiger partial charge < -0.3 is 19.9 Å². The first kappa shape index (κ1) is 18.3. The number of piperazine rings is 1. The maximum atomic E-state index is 5.50. The molecule has 7 heteroatoms. The van der Waals surface area contributed by atoms with Gasteiger partial charge in [0.1, 0.15) is 5.65 Å². The number of fused-ring (bicyclic) bond motifs is 1. The molecule has 2 aliphatic heterocycles. The molecule has 4 heterocycles. The second-order valence-corrected chi connectivity index (χ2v) is 7.45. The highest BCUT2D eigenvalue weighted by atomic mass is 16.5. The maximum Gasteiger partial charge on any atom is 0.193 e. The third kappa shape index (κ3) is 4.42. The van der Waals surface area contributed by atoms with Crippen molar-refractivity contribution in [1.29, 1.82) is 0 Å². The van der Waals surface area contributed by atoms with Crippen LogP contribution in [0.1, 0.15) is 12.0 Å². The van der Waals surface area contributed by atoms with E-state index in [1.165, 1.54) is 23.9 Å². The monoisotopic (exact) mass is 370 g/mol. The first-order valence-corrected chi connectivity index (χ1v) is 10.00. The van der Waals surface area contributed by atoms with Crippen LogP contribution < -0.4 is 5.32 Å². The Morgan fingerprint density at radius 3 is 3.04 bits per heavy atom. The SMILES string of the molecule is CN=C(NCCc1c[nH]c2ncccc12)N1CCN(CC2CCOC2)CC1. The minimum Gasteiger partial charge on any atom is -0.381 e. The van der Waals surface area contributed by atoms with Gasteiger partial charge in [-0.05, 0) is 36.5 Å². The van der Waals surface area contributed by atoms with Gasteiger partial charge in [0.25, 0.3) is 0 Å². The van der Waals surface area contributed by atoms with Crippen LogP contribution in [0, 0.1) is 5.92 Å². The highest BCUT2D eigenvalue weighted by Gasteiger charge is 2.23. The van der Waals surface area contributed by atoms with Gasteiger partial charge in [0.2, 0.25) is 0 Å². The molecular formula is C20H30N6O. The lowest BCUT2D eigenvalue weighted by Gasteiger charge is -2.37. The van der Waals surface area contributed by atoms with Gasteiger partial charge in [-0.1, -0.05) is 0 Å². The molecule has 2 aromatic heterocycles. The van der Waals surface area contributed by atoms with E-state index in [-0.39, 0.29) is 0 Å². The molecular weight excluding hydrogens is 340 g/mol. The van der Waals surface area contributed by atoms with Crippen molar-refractivity contribution in [1.82, 2.24) is 25.1 Å². The van der Waals surface area contributed by atoms with E-state index >= 15 is 0 Å². The van der Waals surface area contributed by atoms with Crippen molar-refractivity contribution >= 4 is 17.0 Å². The van der Waals surface area contributed by atoms with E-state index < -0.39 is 0 Å². The number of aromatic nitrogens is 2. The summed E-state index contributed by atoms with van der Waals surface area (Å²) < 4.78 is 5.50. The topological polar surface area (TPSA) is 68.8 Å². The number of nitrogens with one attached hydrogen (secondary N) is 2. The Hall–Kier alpha value is -2.12.